The molecular weight excluding hydrogens is 753 g/mol. The van der Waals surface area contributed by atoms with Crippen LogP contribution in [0.1, 0.15) is 36.6 Å². The minimum absolute atomic E-state index is 0.326. The van der Waals surface area contributed by atoms with Gasteiger partial charge in [0.2, 0.25) is 0 Å². The molecule has 0 aliphatic carbocycles. The van der Waals surface area contributed by atoms with Crippen LogP contribution in [0, 0.1) is 0 Å². The molecule has 0 unspecified atom stereocenters. The Morgan fingerprint density at radius 3 is 1.71 bits per heavy atom. The van der Waals surface area contributed by atoms with Crippen LogP contribution >= 0.6 is 0 Å². The van der Waals surface area contributed by atoms with E-state index in [4.69, 9.17) is 28.4 Å². The lowest BCUT2D eigenvalue weighted by atomic mass is 10.1. The molecule has 13 nitrogen and oxygen atoms in total. The SMILES string of the molecule is C1COCCN1.COC(=O)c1ccc2ccn(CCOc3ccccc3C=O)c2c1.COC(=O)c1ccc2ccn(CCOc3ccccc3CN3CCOCC3)c2c1. The Labute approximate surface area is 344 Å². The van der Waals surface area contributed by atoms with Crippen LogP contribution in [0.15, 0.2) is 109 Å². The van der Waals surface area contributed by atoms with Gasteiger partial charge in [0.05, 0.1) is 70.4 Å². The number of nitrogens with one attached hydrogen (secondary N) is 1. The summed E-state index contributed by atoms with van der Waals surface area (Å²) >= 11 is 0. The molecule has 1 N–H and O–H groups in total. The van der Waals surface area contributed by atoms with E-state index in [0.29, 0.717) is 48.7 Å². The topological polar surface area (TPSA) is 132 Å². The van der Waals surface area contributed by atoms with Crippen molar-refractivity contribution < 1.29 is 42.8 Å². The van der Waals surface area contributed by atoms with E-state index in [-0.39, 0.29) is 11.9 Å². The highest BCUT2D eigenvalue weighted by molar-refractivity contribution is 5.95. The zero-order chi connectivity index (χ0) is 41.2. The van der Waals surface area contributed by atoms with Gasteiger partial charge < -0.3 is 42.9 Å². The minimum atomic E-state index is -0.360. The van der Waals surface area contributed by atoms with Crippen LogP contribution in [0.3, 0.4) is 0 Å². The summed E-state index contributed by atoms with van der Waals surface area (Å²) in [5, 5.41) is 5.29. The normalized spacial score (nSPS) is 14.0. The van der Waals surface area contributed by atoms with Crippen LogP contribution in [0.25, 0.3) is 21.8 Å². The number of carbonyl (C=O) groups is 3. The lowest BCUT2D eigenvalue weighted by molar-refractivity contribution is 0.0338. The first-order valence-corrected chi connectivity index (χ1v) is 19.8. The summed E-state index contributed by atoms with van der Waals surface area (Å²) in [6.45, 7) is 10.4. The maximum Gasteiger partial charge on any atom is 0.337 e. The second kappa shape index (κ2) is 22.2. The van der Waals surface area contributed by atoms with Gasteiger partial charge in [-0.15, -0.1) is 0 Å². The number of aromatic nitrogens is 2. The number of para-hydroxylation sites is 2. The van der Waals surface area contributed by atoms with Crippen molar-refractivity contribution in [2.75, 3.05) is 80.0 Å². The van der Waals surface area contributed by atoms with Crippen molar-refractivity contribution in [1.82, 2.24) is 19.4 Å². The number of rotatable bonds is 13. The fourth-order valence-corrected chi connectivity index (χ4v) is 6.76. The zero-order valence-electron chi connectivity index (χ0n) is 33.7. The van der Waals surface area contributed by atoms with E-state index in [9.17, 15) is 14.4 Å². The van der Waals surface area contributed by atoms with Gasteiger partial charge >= 0.3 is 11.9 Å². The molecule has 0 radical (unpaired) electrons. The highest BCUT2D eigenvalue weighted by Crippen LogP contribution is 2.23. The molecule has 0 atom stereocenters. The number of esters is 2. The number of methoxy groups -OCH3 is 2. The van der Waals surface area contributed by atoms with Crippen molar-refractivity contribution in [3.63, 3.8) is 0 Å². The first-order valence-electron chi connectivity index (χ1n) is 19.8. The number of nitrogens with zero attached hydrogens (tertiary/aromatic N) is 3. The molecule has 0 amide bonds. The summed E-state index contributed by atoms with van der Waals surface area (Å²) < 4.78 is 36.0. The van der Waals surface area contributed by atoms with Gasteiger partial charge in [-0.25, -0.2) is 9.59 Å². The molecule has 59 heavy (non-hydrogen) atoms. The quantitative estimate of drug-likeness (QED) is 0.105. The minimum Gasteiger partial charge on any atom is -0.491 e. The van der Waals surface area contributed by atoms with Gasteiger partial charge in [0.15, 0.2) is 6.29 Å². The van der Waals surface area contributed by atoms with Crippen molar-refractivity contribution in [3.05, 3.63) is 132 Å². The first-order chi connectivity index (χ1) is 29.0. The highest BCUT2D eigenvalue weighted by Gasteiger charge is 2.14. The Bertz CT molecular complexity index is 2260. The van der Waals surface area contributed by atoms with Crippen molar-refractivity contribution in [1.29, 1.82) is 0 Å². The maximum atomic E-state index is 11.8. The number of benzene rings is 4. The summed E-state index contributed by atoms with van der Waals surface area (Å²) in [5.41, 5.74) is 4.72. The molecule has 2 aliphatic rings. The Balaban J connectivity index is 0.000000176. The molecule has 4 aromatic carbocycles. The van der Waals surface area contributed by atoms with Crippen LogP contribution in [0.2, 0.25) is 0 Å². The maximum absolute atomic E-state index is 11.8. The largest absolute Gasteiger partial charge is 0.491 e. The average Bonchev–Trinajstić information content (AvgIpc) is 3.91. The van der Waals surface area contributed by atoms with Gasteiger partial charge in [0.1, 0.15) is 24.7 Å². The van der Waals surface area contributed by atoms with Gasteiger partial charge in [0.25, 0.3) is 0 Å². The van der Waals surface area contributed by atoms with Crippen molar-refractivity contribution >= 4 is 40.0 Å². The monoisotopic (exact) mass is 804 g/mol. The molecule has 310 valence electrons. The Morgan fingerprint density at radius 2 is 1.19 bits per heavy atom. The molecule has 0 bridgehead atoms. The molecule has 0 saturated carbocycles. The molecular formula is C46H52N4O9. The third-order valence-corrected chi connectivity index (χ3v) is 9.93. The van der Waals surface area contributed by atoms with Crippen LogP contribution < -0.4 is 14.8 Å². The van der Waals surface area contributed by atoms with Gasteiger partial charge in [-0.1, -0.05) is 42.5 Å². The standard InChI is InChI=1S/C23H26N2O4.C19H17NO4.C4H9NO/c1-27-23(26)19-7-6-18-8-9-25(21(18)16-19)12-15-29-22-5-3-2-4-20(22)17-24-10-13-28-14-11-24;1-23-19(22)15-7-6-14-8-9-20(17(14)12-15)10-11-24-18-5-3-2-4-16(18)13-21;1-3-6-4-2-5-1/h2-9,16H,10-15,17H2,1H3;2-9,12-13H,10-11H2,1H3;5H,1-4H2. The second-order valence-electron chi connectivity index (χ2n) is 13.8. The van der Waals surface area contributed by atoms with Crippen molar-refractivity contribution in [3.8, 4) is 11.5 Å². The molecule has 2 saturated heterocycles. The van der Waals surface area contributed by atoms with E-state index in [0.717, 1.165) is 93.0 Å². The highest BCUT2D eigenvalue weighted by atomic mass is 16.5. The lowest BCUT2D eigenvalue weighted by Crippen LogP contribution is -2.35. The molecule has 4 heterocycles. The summed E-state index contributed by atoms with van der Waals surface area (Å²) in [7, 11) is 2.76. The number of hydrogen-bond acceptors (Lipinski definition) is 11. The molecule has 0 spiro atoms. The third kappa shape index (κ3) is 12.0. The Kier molecular flexibility index (Phi) is 16.1. The first kappa shape index (κ1) is 42.6. The van der Waals surface area contributed by atoms with E-state index in [2.05, 4.69) is 26.9 Å². The van der Waals surface area contributed by atoms with Crippen molar-refractivity contribution in [2.45, 2.75) is 19.6 Å². The van der Waals surface area contributed by atoms with E-state index in [1.807, 2.05) is 65.5 Å². The van der Waals surface area contributed by atoms with Gasteiger partial charge in [-0.05, 0) is 65.4 Å². The third-order valence-electron chi connectivity index (χ3n) is 9.93. The number of morpholine rings is 2. The summed E-state index contributed by atoms with van der Waals surface area (Å²) in [6.07, 6.45) is 4.75. The Hall–Kier alpha value is -5.99. The number of ether oxygens (including phenoxy) is 6. The molecule has 8 rings (SSSR count). The van der Waals surface area contributed by atoms with Crippen LogP contribution in [-0.2, 0) is 38.6 Å². The predicted octanol–water partition coefficient (Wildman–Crippen LogP) is 6.26. The average molecular weight is 805 g/mol. The van der Waals surface area contributed by atoms with E-state index >= 15 is 0 Å². The van der Waals surface area contributed by atoms with Crippen LogP contribution in [0.4, 0.5) is 0 Å². The smallest absolute Gasteiger partial charge is 0.337 e. The zero-order valence-corrected chi connectivity index (χ0v) is 33.7. The second-order valence-corrected chi connectivity index (χ2v) is 13.8. The fourth-order valence-electron chi connectivity index (χ4n) is 6.76. The van der Waals surface area contributed by atoms with E-state index in [1.165, 1.54) is 19.8 Å². The predicted molar refractivity (Wildman–Crippen MR) is 226 cm³/mol. The summed E-state index contributed by atoms with van der Waals surface area (Å²) in [6, 6.07) is 30.4. The lowest BCUT2D eigenvalue weighted by Gasteiger charge is -2.27. The van der Waals surface area contributed by atoms with Crippen LogP contribution in [-0.4, -0.2) is 112 Å². The van der Waals surface area contributed by atoms with Crippen LogP contribution in [0.5, 0.6) is 11.5 Å². The Morgan fingerprint density at radius 1 is 0.661 bits per heavy atom. The number of aldehydes is 1. The molecule has 2 fully saturated rings. The van der Waals surface area contributed by atoms with E-state index < -0.39 is 0 Å². The number of carbonyl (C=O) groups excluding carboxylic acids is 3. The van der Waals surface area contributed by atoms with Gasteiger partial charge in [-0.3, -0.25) is 9.69 Å². The molecule has 6 aromatic rings. The van der Waals surface area contributed by atoms with E-state index in [1.54, 1.807) is 36.4 Å². The van der Waals surface area contributed by atoms with Gasteiger partial charge in [0, 0.05) is 61.7 Å². The fraction of sp³-hybridized carbons (Fsp3) is 0.326. The molecule has 2 aliphatic heterocycles. The molecule has 2 aromatic heterocycles. The summed E-state index contributed by atoms with van der Waals surface area (Å²) in [5.74, 6) is 0.804. The van der Waals surface area contributed by atoms with Gasteiger partial charge in [-0.2, -0.15) is 0 Å². The number of hydrogen-bond donors (Lipinski definition) is 1. The number of fused-ring (bicyclic) bond motifs is 2. The van der Waals surface area contributed by atoms with Crippen molar-refractivity contribution in [2.24, 2.45) is 0 Å². The molecule has 13 heteroatoms. The summed E-state index contributed by atoms with van der Waals surface area (Å²) in [4.78, 5) is 36.9.